The fourth-order valence-electron chi connectivity index (χ4n) is 2.58. The maximum Gasteiger partial charge on any atom is 0.319 e. The molecule has 0 radical (unpaired) electrons. The highest BCUT2D eigenvalue weighted by molar-refractivity contribution is 5.90. The zero-order chi connectivity index (χ0) is 15.9. The van der Waals surface area contributed by atoms with Crippen molar-refractivity contribution in [3.05, 3.63) is 29.8 Å². The topological polar surface area (TPSA) is 70.7 Å². The molecule has 120 valence electrons. The molecule has 1 aliphatic heterocycles. The van der Waals surface area contributed by atoms with E-state index in [0.29, 0.717) is 19.6 Å². The first kappa shape index (κ1) is 16.3. The predicted octanol–water partition coefficient (Wildman–Crippen LogP) is 1.97. The SMILES string of the molecule is COCc1ccccc1NC(=O)NC(C)CN1CCCC1=O. The number of nitrogens with zero attached hydrogens (tertiary/aromatic N) is 1. The van der Waals surface area contributed by atoms with E-state index in [1.807, 2.05) is 31.2 Å². The summed E-state index contributed by atoms with van der Waals surface area (Å²) >= 11 is 0. The van der Waals surface area contributed by atoms with Gasteiger partial charge in [-0.3, -0.25) is 4.79 Å². The van der Waals surface area contributed by atoms with Gasteiger partial charge in [-0.1, -0.05) is 18.2 Å². The molecule has 6 nitrogen and oxygen atoms in total. The zero-order valence-corrected chi connectivity index (χ0v) is 13.1. The molecule has 22 heavy (non-hydrogen) atoms. The maximum absolute atomic E-state index is 12.1. The van der Waals surface area contributed by atoms with Crippen LogP contribution in [0.1, 0.15) is 25.3 Å². The molecule has 3 amide bonds. The van der Waals surface area contributed by atoms with Crippen molar-refractivity contribution in [1.82, 2.24) is 10.2 Å². The molecular weight excluding hydrogens is 282 g/mol. The second kappa shape index (κ2) is 7.79. The number of urea groups is 1. The molecule has 6 heteroatoms. The van der Waals surface area contributed by atoms with Crippen molar-refractivity contribution in [3.63, 3.8) is 0 Å². The number of ether oxygens (including phenoxy) is 1. The first-order valence-corrected chi connectivity index (χ1v) is 7.52. The van der Waals surface area contributed by atoms with Crippen molar-refractivity contribution in [3.8, 4) is 0 Å². The molecule has 1 atom stereocenters. The van der Waals surface area contributed by atoms with E-state index >= 15 is 0 Å². The van der Waals surface area contributed by atoms with E-state index in [9.17, 15) is 9.59 Å². The molecule has 1 aromatic rings. The molecular formula is C16H23N3O3. The van der Waals surface area contributed by atoms with Crippen molar-refractivity contribution in [1.29, 1.82) is 0 Å². The monoisotopic (exact) mass is 305 g/mol. The van der Waals surface area contributed by atoms with Gasteiger partial charge in [-0.25, -0.2) is 4.79 Å². The molecule has 1 aliphatic rings. The van der Waals surface area contributed by atoms with Gasteiger partial charge in [-0.2, -0.15) is 0 Å². The van der Waals surface area contributed by atoms with E-state index in [-0.39, 0.29) is 18.0 Å². The molecule has 0 aliphatic carbocycles. The van der Waals surface area contributed by atoms with Gasteiger partial charge in [0.25, 0.3) is 0 Å². The van der Waals surface area contributed by atoms with Crippen LogP contribution in [0.3, 0.4) is 0 Å². The van der Waals surface area contributed by atoms with Gasteiger partial charge < -0.3 is 20.3 Å². The molecule has 2 N–H and O–H groups in total. The third-order valence-electron chi connectivity index (χ3n) is 3.61. The summed E-state index contributed by atoms with van der Waals surface area (Å²) in [5, 5.41) is 5.69. The van der Waals surface area contributed by atoms with E-state index in [1.54, 1.807) is 12.0 Å². The molecule has 0 aromatic heterocycles. The summed E-state index contributed by atoms with van der Waals surface area (Å²) in [6.07, 6.45) is 1.52. The number of anilines is 1. The van der Waals surface area contributed by atoms with Crippen LogP contribution >= 0.6 is 0 Å². The third kappa shape index (κ3) is 4.46. The predicted molar refractivity (Wildman–Crippen MR) is 84.6 cm³/mol. The molecule has 1 fully saturated rings. The van der Waals surface area contributed by atoms with E-state index < -0.39 is 0 Å². The molecule has 1 aromatic carbocycles. The van der Waals surface area contributed by atoms with Crippen molar-refractivity contribution in [2.75, 3.05) is 25.5 Å². The van der Waals surface area contributed by atoms with Gasteiger partial charge in [0.1, 0.15) is 0 Å². The second-order valence-electron chi connectivity index (χ2n) is 5.53. The van der Waals surface area contributed by atoms with Gasteiger partial charge >= 0.3 is 6.03 Å². The van der Waals surface area contributed by atoms with Crippen LogP contribution in [0.15, 0.2) is 24.3 Å². The van der Waals surface area contributed by atoms with Crippen LogP contribution in [-0.4, -0.2) is 43.1 Å². The summed E-state index contributed by atoms with van der Waals surface area (Å²) in [7, 11) is 1.62. The van der Waals surface area contributed by atoms with Crippen LogP contribution in [0.5, 0.6) is 0 Å². The minimum atomic E-state index is -0.275. The number of carbonyl (C=O) groups is 2. The average molecular weight is 305 g/mol. The molecule has 0 bridgehead atoms. The highest BCUT2D eigenvalue weighted by atomic mass is 16.5. The van der Waals surface area contributed by atoms with Crippen LogP contribution in [0.2, 0.25) is 0 Å². The summed E-state index contributed by atoms with van der Waals surface area (Å²) in [6, 6.07) is 7.13. The first-order chi connectivity index (χ1) is 10.6. The fourth-order valence-corrected chi connectivity index (χ4v) is 2.58. The Morgan fingerprint density at radius 3 is 2.86 bits per heavy atom. The Labute approximate surface area is 130 Å². The Morgan fingerprint density at radius 1 is 1.41 bits per heavy atom. The number of likely N-dealkylation sites (tertiary alicyclic amines) is 1. The number of nitrogens with one attached hydrogen (secondary N) is 2. The Balaban J connectivity index is 1.86. The van der Waals surface area contributed by atoms with Crippen molar-refractivity contribution < 1.29 is 14.3 Å². The molecule has 1 saturated heterocycles. The minimum Gasteiger partial charge on any atom is -0.380 e. The van der Waals surface area contributed by atoms with Gasteiger partial charge in [0.05, 0.1) is 6.61 Å². The Morgan fingerprint density at radius 2 is 2.18 bits per heavy atom. The number of amides is 3. The third-order valence-corrected chi connectivity index (χ3v) is 3.61. The largest absolute Gasteiger partial charge is 0.380 e. The van der Waals surface area contributed by atoms with Gasteiger partial charge in [-0.05, 0) is 19.4 Å². The normalized spacial score (nSPS) is 15.7. The fraction of sp³-hybridized carbons (Fsp3) is 0.500. The van der Waals surface area contributed by atoms with Crippen LogP contribution in [0, 0.1) is 0 Å². The molecule has 0 saturated carbocycles. The Kier molecular flexibility index (Phi) is 5.77. The molecule has 1 heterocycles. The number of benzene rings is 1. The van der Waals surface area contributed by atoms with Crippen molar-refractivity contribution >= 4 is 17.6 Å². The van der Waals surface area contributed by atoms with Crippen LogP contribution in [0.4, 0.5) is 10.5 Å². The number of para-hydroxylation sites is 1. The lowest BCUT2D eigenvalue weighted by Gasteiger charge is -2.22. The summed E-state index contributed by atoms with van der Waals surface area (Å²) in [6.45, 7) is 3.66. The van der Waals surface area contributed by atoms with E-state index in [1.165, 1.54) is 0 Å². The smallest absolute Gasteiger partial charge is 0.319 e. The van der Waals surface area contributed by atoms with Gasteiger partial charge in [0.2, 0.25) is 5.91 Å². The van der Waals surface area contributed by atoms with Crippen molar-refractivity contribution in [2.45, 2.75) is 32.4 Å². The number of methoxy groups -OCH3 is 1. The lowest BCUT2D eigenvalue weighted by molar-refractivity contribution is -0.127. The summed E-state index contributed by atoms with van der Waals surface area (Å²) in [5.74, 6) is 0.166. The maximum atomic E-state index is 12.1. The van der Waals surface area contributed by atoms with E-state index in [4.69, 9.17) is 4.74 Å². The lowest BCUT2D eigenvalue weighted by atomic mass is 10.2. The minimum absolute atomic E-state index is 0.100. The first-order valence-electron chi connectivity index (χ1n) is 7.52. The van der Waals surface area contributed by atoms with Gasteiger partial charge in [0.15, 0.2) is 0 Å². The van der Waals surface area contributed by atoms with E-state index in [0.717, 1.165) is 24.2 Å². The number of hydrogen-bond donors (Lipinski definition) is 2. The summed E-state index contributed by atoms with van der Waals surface area (Å²) in [4.78, 5) is 25.5. The van der Waals surface area contributed by atoms with Gasteiger partial charge in [-0.15, -0.1) is 0 Å². The summed E-state index contributed by atoms with van der Waals surface area (Å²) < 4.78 is 5.12. The Hall–Kier alpha value is -2.08. The average Bonchev–Trinajstić information content (AvgIpc) is 2.86. The number of rotatable bonds is 6. The molecule has 1 unspecified atom stereocenters. The standard InChI is InChI=1S/C16H23N3O3/c1-12(10-19-9-5-8-15(19)20)17-16(21)18-14-7-4-3-6-13(14)11-22-2/h3-4,6-7,12H,5,8-11H2,1-2H3,(H2,17,18,21). The van der Waals surface area contributed by atoms with Crippen LogP contribution in [-0.2, 0) is 16.1 Å². The van der Waals surface area contributed by atoms with Gasteiger partial charge in [0, 0.05) is 43.9 Å². The van der Waals surface area contributed by atoms with Crippen LogP contribution in [0.25, 0.3) is 0 Å². The highest BCUT2D eigenvalue weighted by Crippen LogP contribution is 2.15. The zero-order valence-electron chi connectivity index (χ0n) is 13.1. The molecule has 0 spiro atoms. The van der Waals surface area contributed by atoms with Crippen molar-refractivity contribution in [2.24, 2.45) is 0 Å². The Bertz CT molecular complexity index is 533. The lowest BCUT2D eigenvalue weighted by Crippen LogP contribution is -2.44. The number of carbonyl (C=O) groups excluding carboxylic acids is 2. The quantitative estimate of drug-likeness (QED) is 0.844. The van der Waals surface area contributed by atoms with E-state index in [2.05, 4.69) is 10.6 Å². The number of hydrogen-bond acceptors (Lipinski definition) is 3. The summed E-state index contributed by atoms with van der Waals surface area (Å²) in [5.41, 5.74) is 1.65. The molecule has 2 rings (SSSR count). The highest BCUT2D eigenvalue weighted by Gasteiger charge is 2.22. The second-order valence-corrected chi connectivity index (χ2v) is 5.53. The van der Waals surface area contributed by atoms with Crippen LogP contribution < -0.4 is 10.6 Å².